The van der Waals surface area contributed by atoms with E-state index in [2.05, 4.69) is 15.6 Å². The lowest BCUT2D eigenvalue weighted by atomic mass is 10.4. The van der Waals surface area contributed by atoms with E-state index in [9.17, 15) is 4.79 Å². The number of hydrogen-bond donors (Lipinski definition) is 2. The van der Waals surface area contributed by atoms with Gasteiger partial charge in [-0.2, -0.15) is 0 Å². The van der Waals surface area contributed by atoms with Gasteiger partial charge < -0.3 is 15.4 Å². The molecule has 1 aromatic rings. The van der Waals surface area contributed by atoms with E-state index in [-0.39, 0.29) is 12.5 Å². The van der Waals surface area contributed by atoms with Crippen molar-refractivity contribution in [3.05, 3.63) is 23.4 Å². The van der Waals surface area contributed by atoms with Crippen LogP contribution in [0.3, 0.4) is 0 Å². The Hall–Kier alpha value is -1.17. The summed E-state index contributed by atoms with van der Waals surface area (Å²) >= 11 is 5.83. The third kappa shape index (κ3) is 4.57. The number of carbonyl (C=O) groups excluding carboxylic acids is 1. The van der Waals surface area contributed by atoms with E-state index in [1.54, 1.807) is 25.4 Å². The second-order valence-electron chi connectivity index (χ2n) is 3.05. The third-order valence-corrected chi connectivity index (χ3v) is 2.09. The second kappa shape index (κ2) is 7.16. The molecule has 0 saturated heterocycles. The summed E-state index contributed by atoms with van der Waals surface area (Å²) in [5, 5.41) is 5.94. The monoisotopic (exact) mass is 243 g/mol. The molecule has 0 aliphatic heterocycles. The molecule has 0 fully saturated rings. The number of halogens is 1. The maximum Gasteiger partial charge on any atom is 0.239 e. The minimum absolute atomic E-state index is 0.184. The SMILES string of the molecule is COCCNCC(=O)Nc1ncccc1Cl. The number of anilines is 1. The number of carbonyl (C=O) groups is 1. The van der Waals surface area contributed by atoms with Crippen LogP contribution in [0.4, 0.5) is 5.82 Å². The van der Waals surface area contributed by atoms with Gasteiger partial charge in [0.25, 0.3) is 0 Å². The van der Waals surface area contributed by atoms with E-state index in [1.807, 2.05) is 0 Å². The van der Waals surface area contributed by atoms with Crippen LogP contribution in [0.25, 0.3) is 0 Å². The van der Waals surface area contributed by atoms with E-state index >= 15 is 0 Å². The number of nitrogens with zero attached hydrogens (tertiary/aromatic N) is 1. The fourth-order valence-corrected chi connectivity index (χ4v) is 1.20. The average molecular weight is 244 g/mol. The van der Waals surface area contributed by atoms with Gasteiger partial charge in [-0.05, 0) is 12.1 Å². The van der Waals surface area contributed by atoms with Gasteiger partial charge in [0, 0.05) is 19.9 Å². The van der Waals surface area contributed by atoms with Crippen LogP contribution in [0.15, 0.2) is 18.3 Å². The standard InChI is InChI=1S/C10H14ClN3O2/c1-16-6-5-12-7-9(15)14-10-8(11)3-2-4-13-10/h2-4,12H,5-7H2,1H3,(H,13,14,15). The molecule has 1 rings (SSSR count). The predicted octanol–water partition coefficient (Wildman–Crippen LogP) is 0.909. The number of ether oxygens (including phenoxy) is 1. The Kier molecular flexibility index (Phi) is 5.77. The molecule has 0 bridgehead atoms. The zero-order chi connectivity index (χ0) is 11.8. The lowest BCUT2D eigenvalue weighted by Crippen LogP contribution is -2.30. The zero-order valence-corrected chi connectivity index (χ0v) is 9.75. The Labute approximate surface area is 99.2 Å². The molecule has 0 spiro atoms. The first-order valence-electron chi connectivity index (χ1n) is 4.84. The predicted molar refractivity (Wildman–Crippen MR) is 62.6 cm³/mol. The lowest BCUT2D eigenvalue weighted by molar-refractivity contribution is -0.115. The van der Waals surface area contributed by atoms with E-state index in [1.165, 1.54) is 0 Å². The van der Waals surface area contributed by atoms with Crippen molar-refractivity contribution in [1.29, 1.82) is 0 Å². The first kappa shape index (κ1) is 12.9. The largest absolute Gasteiger partial charge is 0.383 e. The minimum Gasteiger partial charge on any atom is -0.383 e. The number of amides is 1. The summed E-state index contributed by atoms with van der Waals surface area (Å²) in [6, 6.07) is 3.37. The van der Waals surface area contributed by atoms with Gasteiger partial charge in [0.05, 0.1) is 18.2 Å². The van der Waals surface area contributed by atoms with Crippen LogP contribution < -0.4 is 10.6 Å². The highest BCUT2D eigenvalue weighted by Gasteiger charge is 2.05. The molecule has 0 radical (unpaired) electrons. The molecular formula is C10H14ClN3O2. The molecule has 6 heteroatoms. The van der Waals surface area contributed by atoms with Crippen LogP contribution >= 0.6 is 11.6 Å². The van der Waals surface area contributed by atoms with E-state index < -0.39 is 0 Å². The summed E-state index contributed by atoms with van der Waals surface area (Å²) < 4.78 is 4.83. The minimum atomic E-state index is -0.184. The molecule has 0 aliphatic rings. The highest BCUT2D eigenvalue weighted by atomic mass is 35.5. The molecule has 16 heavy (non-hydrogen) atoms. The smallest absolute Gasteiger partial charge is 0.239 e. The van der Waals surface area contributed by atoms with Gasteiger partial charge in [0.15, 0.2) is 5.82 Å². The Morgan fingerprint density at radius 2 is 2.44 bits per heavy atom. The normalized spacial score (nSPS) is 10.1. The maximum atomic E-state index is 11.4. The first-order valence-corrected chi connectivity index (χ1v) is 5.22. The number of aromatic nitrogens is 1. The fourth-order valence-electron chi connectivity index (χ4n) is 1.03. The van der Waals surface area contributed by atoms with Gasteiger partial charge in [0.2, 0.25) is 5.91 Å². The molecule has 0 aliphatic carbocycles. The van der Waals surface area contributed by atoms with Crippen LogP contribution in [-0.4, -0.2) is 37.7 Å². The summed E-state index contributed by atoms with van der Waals surface area (Å²) in [5.41, 5.74) is 0. The Balaban J connectivity index is 2.32. The third-order valence-electron chi connectivity index (χ3n) is 1.78. The molecule has 0 atom stereocenters. The van der Waals surface area contributed by atoms with Crippen molar-refractivity contribution in [3.63, 3.8) is 0 Å². The van der Waals surface area contributed by atoms with Crippen molar-refractivity contribution in [1.82, 2.24) is 10.3 Å². The van der Waals surface area contributed by atoms with Gasteiger partial charge in [-0.15, -0.1) is 0 Å². The van der Waals surface area contributed by atoms with Gasteiger partial charge in [-0.1, -0.05) is 11.6 Å². The van der Waals surface area contributed by atoms with Crippen LogP contribution in [0.1, 0.15) is 0 Å². The van der Waals surface area contributed by atoms with Gasteiger partial charge in [0.1, 0.15) is 0 Å². The quantitative estimate of drug-likeness (QED) is 0.729. The number of hydrogen-bond acceptors (Lipinski definition) is 4. The summed E-state index contributed by atoms with van der Waals surface area (Å²) in [6.07, 6.45) is 1.57. The molecule has 1 aromatic heterocycles. The number of methoxy groups -OCH3 is 1. The van der Waals surface area contributed by atoms with E-state index in [4.69, 9.17) is 16.3 Å². The van der Waals surface area contributed by atoms with Gasteiger partial charge in [-0.3, -0.25) is 4.79 Å². The van der Waals surface area contributed by atoms with Crippen LogP contribution in [0, 0.1) is 0 Å². The molecule has 0 saturated carbocycles. The van der Waals surface area contributed by atoms with Crippen molar-refractivity contribution >= 4 is 23.3 Å². The van der Waals surface area contributed by atoms with Crippen molar-refractivity contribution in [3.8, 4) is 0 Å². The fraction of sp³-hybridized carbons (Fsp3) is 0.400. The Morgan fingerprint density at radius 3 is 3.12 bits per heavy atom. The average Bonchev–Trinajstić information content (AvgIpc) is 2.28. The molecule has 1 amide bonds. The van der Waals surface area contributed by atoms with Crippen molar-refractivity contribution in [2.75, 3.05) is 32.1 Å². The number of rotatable bonds is 6. The summed E-state index contributed by atoms with van der Waals surface area (Å²) in [5.74, 6) is 0.194. The van der Waals surface area contributed by atoms with E-state index in [0.29, 0.717) is 24.0 Å². The van der Waals surface area contributed by atoms with Crippen molar-refractivity contribution in [2.24, 2.45) is 0 Å². The van der Waals surface area contributed by atoms with Crippen molar-refractivity contribution < 1.29 is 9.53 Å². The van der Waals surface area contributed by atoms with Gasteiger partial charge >= 0.3 is 0 Å². The van der Waals surface area contributed by atoms with Crippen LogP contribution in [0.5, 0.6) is 0 Å². The maximum absolute atomic E-state index is 11.4. The molecule has 88 valence electrons. The van der Waals surface area contributed by atoms with Crippen LogP contribution in [-0.2, 0) is 9.53 Å². The molecular weight excluding hydrogens is 230 g/mol. The topological polar surface area (TPSA) is 63.2 Å². The molecule has 5 nitrogen and oxygen atoms in total. The highest BCUT2D eigenvalue weighted by Crippen LogP contribution is 2.16. The summed E-state index contributed by atoms with van der Waals surface area (Å²) in [6.45, 7) is 1.40. The Bertz CT molecular complexity index is 347. The number of nitrogens with one attached hydrogen (secondary N) is 2. The molecule has 1 heterocycles. The zero-order valence-electron chi connectivity index (χ0n) is 9.00. The molecule has 2 N–H and O–H groups in total. The summed E-state index contributed by atoms with van der Waals surface area (Å²) in [7, 11) is 1.61. The molecule has 0 aromatic carbocycles. The lowest BCUT2D eigenvalue weighted by Gasteiger charge is -2.06. The van der Waals surface area contributed by atoms with Crippen LogP contribution in [0.2, 0.25) is 5.02 Å². The van der Waals surface area contributed by atoms with Gasteiger partial charge in [-0.25, -0.2) is 4.98 Å². The van der Waals surface area contributed by atoms with E-state index in [0.717, 1.165) is 0 Å². The first-order chi connectivity index (χ1) is 7.74. The highest BCUT2D eigenvalue weighted by molar-refractivity contribution is 6.33. The number of pyridine rings is 1. The second-order valence-corrected chi connectivity index (χ2v) is 3.46. The molecule has 0 unspecified atom stereocenters. The summed E-state index contributed by atoms with van der Waals surface area (Å²) in [4.78, 5) is 15.4. The van der Waals surface area contributed by atoms with Crippen molar-refractivity contribution in [2.45, 2.75) is 0 Å². The Morgan fingerprint density at radius 1 is 1.62 bits per heavy atom.